The summed E-state index contributed by atoms with van der Waals surface area (Å²) in [5.74, 6) is 0. The molecule has 0 amide bonds. The molecule has 0 aromatic heterocycles. The monoisotopic (exact) mass is 257 g/mol. The predicted molar refractivity (Wildman–Crippen MR) is 83.7 cm³/mol. The second-order valence-electron chi connectivity index (χ2n) is 6.23. The van der Waals surface area contributed by atoms with E-state index in [9.17, 15) is 0 Å². The lowest BCUT2D eigenvalue weighted by molar-refractivity contribution is 0.632. The minimum absolute atomic E-state index is 0.419. The summed E-state index contributed by atoms with van der Waals surface area (Å²) in [6.45, 7) is 9.46. The summed E-state index contributed by atoms with van der Waals surface area (Å²) in [4.78, 5) is 0. The molecule has 0 unspecified atom stereocenters. The Hall–Kier alpha value is -1.12. The van der Waals surface area contributed by atoms with Crippen molar-refractivity contribution in [1.29, 1.82) is 0 Å². The van der Waals surface area contributed by atoms with Crippen LogP contribution < -0.4 is 5.32 Å². The molecule has 18 heavy (non-hydrogen) atoms. The molecule has 0 aliphatic carbocycles. The average Bonchev–Trinajstić information content (AvgIpc) is 2.34. The van der Waals surface area contributed by atoms with Crippen LogP contribution in [0.3, 0.4) is 0 Å². The van der Waals surface area contributed by atoms with Gasteiger partial charge in [-0.15, -0.1) is 0 Å². The molecule has 1 N–H and O–H groups in total. The van der Waals surface area contributed by atoms with E-state index in [-0.39, 0.29) is 0 Å². The van der Waals surface area contributed by atoms with Gasteiger partial charge in [0.25, 0.3) is 0 Å². The molecule has 2 aromatic rings. The van der Waals surface area contributed by atoms with Crippen molar-refractivity contribution in [2.24, 2.45) is 0 Å². The van der Waals surface area contributed by atoms with Gasteiger partial charge in [-0.05, 0) is 29.4 Å². The van der Waals surface area contributed by atoms with Gasteiger partial charge in [0, 0.05) is 6.04 Å². The maximum atomic E-state index is 3.69. The van der Waals surface area contributed by atoms with Crippen LogP contribution in [0.25, 0.3) is 10.8 Å². The Kier molecular flexibility index (Phi) is 3.88. The fraction of sp³-hybridized carbons (Fsp3) is 0.375. The van der Waals surface area contributed by atoms with E-state index in [2.05, 4.69) is 74.3 Å². The van der Waals surface area contributed by atoms with E-state index >= 15 is 0 Å². The Morgan fingerprint density at radius 3 is 2.39 bits per heavy atom. The minimum Gasteiger partial charge on any atom is -0.313 e. The molecule has 2 aromatic carbocycles. The van der Waals surface area contributed by atoms with Crippen molar-refractivity contribution in [2.75, 3.05) is 6.17 Å². The molecule has 0 saturated carbocycles. The molecule has 2 heteroatoms. The molecular weight excluding hydrogens is 234 g/mol. The molecule has 1 nitrogen and oxygen atoms in total. The SMILES string of the molecule is C[C@H](NC[Si](C)(C)C)c1cccc2ccccc12. The van der Waals surface area contributed by atoms with Gasteiger partial charge in [0.1, 0.15) is 0 Å². The van der Waals surface area contributed by atoms with E-state index in [1.54, 1.807) is 0 Å². The van der Waals surface area contributed by atoms with E-state index in [0.29, 0.717) is 6.04 Å². The van der Waals surface area contributed by atoms with Crippen LogP contribution in [-0.4, -0.2) is 14.2 Å². The third-order valence-electron chi connectivity index (χ3n) is 3.23. The summed E-state index contributed by atoms with van der Waals surface area (Å²) < 4.78 is 0. The first-order chi connectivity index (χ1) is 8.47. The topological polar surface area (TPSA) is 12.0 Å². The van der Waals surface area contributed by atoms with E-state index in [4.69, 9.17) is 0 Å². The lowest BCUT2D eigenvalue weighted by Crippen LogP contribution is -2.37. The highest BCUT2D eigenvalue weighted by atomic mass is 28.3. The molecule has 2 rings (SSSR count). The van der Waals surface area contributed by atoms with Crippen LogP contribution in [0.2, 0.25) is 19.6 Å². The number of nitrogens with one attached hydrogen (secondary N) is 1. The first-order valence-corrected chi connectivity index (χ1v) is 10.4. The van der Waals surface area contributed by atoms with Gasteiger partial charge in [-0.25, -0.2) is 0 Å². The lowest BCUT2D eigenvalue weighted by atomic mass is 10.00. The normalized spacial score (nSPS) is 13.8. The molecular formula is C16H23NSi. The van der Waals surface area contributed by atoms with E-state index in [1.165, 1.54) is 16.3 Å². The second kappa shape index (κ2) is 5.25. The lowest BCUT2D eigenvalue weighted by Gasteiger charge is -2.22. The Labute approximate surface area is 111 Å². The molecule has 0 saturated heterocycles. The van der Waals surface area contributed by atoms with Crippen LogP contribution in [0.5, 0.6) is 0 Å². The maximum Gasteiger partial charge on any atom is 0.0596 e. The first kappa shape index (κ1) is 13.3. The Balaban J connectivity index is 2.25. The molecule has 0 heterocycles. The van der Waals surface area contributed by atoms with Gasteiger partial charge in [0.15, 0.2) is 0 Å². The van der Waals surface area contributed by atoms with Gasteiger partial charge in [-0.1, -0.05) is 62.1 Å². The number of hydrogen-bond donors (Lipinski definition) is 1. The quantitative estimate of drug-likeness (QED) is 0.802. The second-order valence-corrected chi connectivity index (χ2v) is 11.7. The maximum absolute atomic E-state index is 3.69. The molecule has 0 aliphatic rings. The standard InChI is InChI=1S/C16H23NSi/c1-13(17-12-18(2,3)4)15-11-7-9-14-8-5-6-10-16(14)15/h5-11,13,17H,12H2,1-4H3/t13-/m0/s1. The smallest absolute Gasteiger partial charge is 0.0596 e. The van der Waals surface area contributed by atoms with Crippen molar-refractivity contribution in [3.8, 4) is 0 Å². The highest BCUT2D eigenvalue weighted by molar-refractivity contribution is 6.76. The third kappa shape index (κ3) is 3.21. The number of hydrogen-bond acceptors (Lipinski definition) is 1. The summed E-state index contributed by atoms with van der Waals surface area (Å²) in [6.07, 6.45) is 1.16. The van der Waals surface area contributed by atoms with Crippen molar-refractivity contribution in [2.45, 2.75) is 32.6 Å². The van der Waals surface area contributed by atoms with Gasteiger partial charge in [-0.3, -0.25) is 0 Å². The van der Waals surface area contributed by atoms with Gasteiger partial charge in [-0.2, -0.15) is 0 Å². The van der Waals surface area contributed by atoms with Crippen LogP contribution in [0, 0.1) is 0 Å². The highest BCUT2D eigenvalue weighted by Gasteiger charge is 2.15. The van der Waals surface area contributed by atoms with E-state index in [1.807, 2.05) is 0 Å². The summed E-state index contributed by atoms with van der Waals surface area (Å²) in [6, 6.07) is 15.6. The Morgan fingerprint density at radius 2 is 1.67 bits per heavy atom. The fourth-order valence-electron chi connectivity index (χ4n) is 2.20. The fourth-order valence-corrected chi connectivity index (χ4v) is 3.12. The summed E-state index contributed by atoms with van der Waals surface area (Å²) in [5.41, 5.74) is 1.41. The zero-order valence-corrected chi connectivity index (χ0v) is 12.8. The van der Waals surface area contributed by atoms with Gasteiger partial charge < -0.3 is 5.32 Å². The van der Waals surface area contributed by atoms with Crippen molar-refractivity contribution >= 4 is 18.8 Å². The van der Waals surface area contributed by atoms with E-state index in [0.717, 1.165) is 6.17 Å². The minimum atomic E-state index is -1.03. The molecule has 96 valence electrons. The van der Waals surface area contributed by atoms with Crippen molar-refractivity contribution < 1.29 is 0 Å². The van der Waals surface area contributed by atoms with Crippen LogP contribution in [0.1, 0.15) is 18.5 Å². The highest BCUT2D eigenvalue weighted by Crippen LogP contribution is 2.24. The zero-order valence-electron chi connectivity index (χ0n) is 11.8. The van der Waals surface area contributed by atoms with Crippen molar-refractivity contribution in [1.82, 2.24) is 5.32 Å². The Bertz CT molecular complexity index is 523. The molecule has 0 aliphatic heterocycles. The summed E-state index contributed by atoms with van der Waals surface area (Å²) in [7, 11) is -1.03. The van der Waals surface area contributed by atoms with Gasteiger partial charge in [0.05, 0.1) is 8.07 Å². The Morgan fingerprint density at radius 1 is 1.00 bits per heavy atom. The van der Waals surface area contributed by atoms with Crippen LogP contribution in [-0.2, 0) is 0 Å². The predicted octanol–water partition coefficient (Wildman–Crippen LogP) is 4.37. The van der Waals surface area contributed by atoms with Crippen LogP contribution in [0.15, 0.2) is 42.5 Å². The van der Waals surface area contributed by atoms with Gasteiger partial charge >= 0.3 is 0 Å². The average molecular weight is 257 g/mol. The zero-order chi connectivity index (χ0) is 13.2. The number of fused-ring (bicyclic) bond motifs is 1. The molecule has 0 fully saturated rings. The summed E-state index contributed by atoms with van der Waals surface area (Å²) >= 11 is 0. The first-order valence-electron chi connectivity index (χ1n) is 6.68. The van der Waals surface area contributed by atoms with Gasteiger partial charge in [0.2, 0.25) is 0 Å². The van der Waals surface area contributed by atoms with Crippen molar-refractivity contribution in [3.63, 3.8) is 0 Å². The molecule has 0 bridgehead atoms. The molecule has 0 spiro atoms. The third-order valence-corrected chi connectivity index (χ3v) is 4.49. The largest absolute Gasteiger partial charge is 0.313 e. The van der Waals surface area contributed by atoms with Crippen molar-refractivity contribution in [3.05, 3.63) is 48.0 Å². The number of benzene rings is 2. The van der Waals surface area contributed by atoms with Crippen LogP contribution >= 0.6 is 0 Å². The molecule has 0 radical (unpaired) electrons. The summed E-state index contributed by atoms with van der Waals surface area (Å²) in [5, 5.41) is 6.39. The molecule has 1 atom stereocenters. The number of rotatable bonds is 4. The van der Waals surface area contributed by atoms with E-state index < -0.39 is 8.07 Å². The van der Waals surface area contributed by atoms with Crippen LogP contribution in [0.4, 0.5) is 0 Å².